The summed E-state index contributed by atoms with van der Waals surface area (Å²) in [5, 5.41) is 0. The molecule has 0 spiro atoms. The minimum atomic E-state index is -0.427. The molecule has 410 valence electrons. The molecule has 0 radical (unpaired) electrons. The Labute approximate surface area is 469 Å². The first-order valence-electron chi connectivity index (χ1n) is 29.8. The molecule has 11 rings (SSSR count). The number of unbranched alkanes of at least 4 members (excludes halogenated alkanes) is 6. The van der Waals surface area contributed by atoms with Crippen molar-refractivity contribution in [1.29, 1.82) is 0 Å². The third kappa shape index (κ3) is 10.9. The molecule has 6 aliphatic rings. The maximum absolute atomic E-state index is 13.5. The maximum Gasteiger partial charge on any atom is 0.338 e. The summed E-state index contributed by atoms with van der Waals surface area (Å²) < 4.78 is 25.6. The van der Waals surface area contributed by atoms with Crippen molar-refractivity contribution in [2.24, 2.45) is 0 Å². The minimum absolute atomic E-state index is 0.150. The highest BCUT2D eigenvalue weighted by Crippen LogP contribution is 2.61. The van der Waals surface area contributed by atoms with Crippen molar-refractivity contribution in [3.63, 3.8) is 0 Å². The van der Waals surface area contributed by atoms with Crippen LogP contribution in [0.1, 0.15) is 177 Å². The van der Waals surface area contributed by atoms with Crippen molar-refractivity contribution < 1.29 is 28.5 Å². The average molecular weight is 1060 g/mol. The summed E-state index contributed by atoms with van der Waals surface area (Å²) in [5.41, 5.74) is 16.4. The molecule has 0 aromatic heterocycles. The zero-order chi connectivity index (χ0) is 54.5. The van der Waals surface area contributed by atoms with Crippen LogP contribution in [-0.2, 0) is 38.0 Å². The second kappa shape index (κ2) is 23.8. The zero-order valence-electron chi connectivity index (χ0n) is 47.4. The van der Waals surface area contributed by atoms with E-state index in [-0.39, 0.29) is 35.7 Å². The van der Waals surface area contributed by atoms with Crippen LogP contribution in [0.3, 0.4) is 0 Å². The molecule has 3 aliphatic heterocycles. The average Bonchev–Trinajstić information content (AvgIpc) is 3.87. The van der Waals surface area contributed by atoms with Crippen LogP contribution < -0.4 is 9.64 Å². The number of esters is 2. The summed E-state index contributed by atoms with van der Waals surface area (Å²) in [5.74, 6) is 0.328. The minimum Gasteiger partial charge on any atom is -0.495 e. The number of allylic oxidation sites excluding steroid dienone is 4. The van der Waals surface area contributed by atoms with E-state index in [1.807, 2.05) is 30.5 Å². The normalized spacial score (nSPS) is 20.7. The third-order valence-corrected chi connectivity index (χ3v) is 18.0. The van der Waals surface area contributed by atoms with Crippen LogP contribution in [0, 0.1) is 0 Å². The van der Waals surface area contributed by atoms with Crippen molar-refractivity contribution in [2.45, 2.75) is 153 Å². The number of benzene rings is 5. The van der Waals surface area contributed by atoms with Gasteiger partial charge in [-0.1, -0.05) is 163 Å². The molecule has 3 aliphatic carbocycles. The van der Waals surface area contributed by atoms with Gasteiger partial charge in [0.1, 0.15) is 24.1 Å². The van der Waals surface area contributed by atoms with Crippen molar-refractivity contribution in [1.82, 2.24) is 4.90 Å². The largest absolute Gasteiger partial charge is 0.495 e. The van der Waals surface area contributed by atoms with E-state index in [9.17, 15) is 9.59 Å². The van der Waals surface area contributed by atoms with Gasteiger partial charge in [0.15, 0.2) is 0 Å². The molecule has 0 saturated carbocycles. The summed E-state index contributed by atoms with van der Waals surface area (Å²) in [4.78, 5) is 32.0. The molecule has 5 aromatic rings. The monoisotopic (exact) mass is 1060 g/mol. The van der Waals surface area contributed by atoms with E-state index in [0.29, 0.717) is 11.1 Å². The van der Waals surface area contributed by atoms with Gasteiger partial charge in [0, 0.05) is 55.6 Å². The lowest BCUT2D eigenvalue weighted by molar-refractivity contribution is -0.00372. The number of piperidine rings is 2. The summed E-state index contributed by atoms with van der Waals surface area (Å²) in [7, 11) is 1.77. The lowest BCUT2D eigenvalue weighted by Crippen LogP contribution is -2.51. The number of hydrogen-bond acceptors (Lipinski definition) is 8. The third-order valence-electron chi connectivity index (χ3n) is 18.0. The summed E-state index contributed by atoms with van der Waals surface area (Å²) >= 11 is 0. The van der Waals surface area contributed by atoms with Crippen LogP contribution >= 0.6 is 0 Å². The fourth-order valence-corrected chi connectivity index (χ4v) is 13.7. The fraction of sp³-hybridized carbons (Fsp3) is 0.408. The van der Waals surface area contributed by atoms with Gasteiger partial charge in [-0.3, -0.25) is 4.90 Å². The van der Waals surface area contributed by atoms with Gasteiger partial charge < -0.3 is 23.8 Å². The molecule has 2 saturated heterocycles. The Balaban J connectivity index is 0.852. The van der Waals surface area contributed by atoms with Gasteiger partial charge in [-0.2, -0.15) is 0 Å². The molecule has 5 aromatic carbocycles. The van der Waals surface area contributed by atoms with Gasteiger partial charge in [0.05, 0.1) is 35.7 Å². The van der Waals surface area contributed by atoms with Gasteiger partial charge in [-0.25, -0.2) is 9.59 Å². The second-order valence-corrected chi connectivity index (χ2v) is 23.4. The topological polar surface area (TPSA) is 77.5 Å². The number of ether oxygens (including phenoxy) is 4. The predicted octanol–water partition coefficient (Wildman–Crippen LogP) is 15.9. The first kappa shape index (κ1) is 54.1. The van der Waals surface area contributed by atoms with Gasteiger partial charge in [-0.15, -0.1) is 0 Å². The van der Waals surface area contributed by atoms with Crippen LogP contribution in [0.15, 0.2) is 168 Å². The summed E-state index contributed by atoms with van der Waals surface area (Å²) in [6, 6.07) is 40.6. The number of likely N-dealkylation sites (tertiary alicyclic amines) is 1. The van der Waals surface area contributed by atoms with Crippen molar-refractivity contribution in [2.75, 3.05) is 38.2 Å². The Morgan fingerprint density at radius 3 is 1.87 bits per heavy atom. The Hall–Kier alpha value is -6.90. The van der Waals surface area contributed by atoms with E-state index in [0.717, 1.165) is 88.1 Å². The number of rotatable bonds is 19. The van der Waals surface area contributed by atoms with E-state index >= 15 is 0 Å². The number of methoxy groups -OCH3 is 1. The molecule has 3 heterocycles. The molecule has 2 fully saturated rings. The Morgan fingerprint density at radius 2 is 1.27 bits per heavy atom. The standard InChI is InChI=1S/C71H80N2O6/c1-6-8-10-13-20-49-27-31-51(32-28-49)68(74)78-55-35-41-72(42-36-55)62-46-59-60(47-63(62)76-5)67-65(66-64(59)58-25-17-18-26-61(58)70(66,3)4)57(39-45-77-67)53-22-19-40-71(48-53,54-23-15-12-16-24-54)73-43-37-56(38-44-73)79-69(75)52-33-29-50(30-34-52)21-14-11-9-7-2/h12,15-19,22-34,39-40,45-47,55-56,67H,6-11,13-14,20-21,35-38,41-44,48H2,1-5H3. The van der Waals surface area contributed by atoms with E-state index in [1.165, 1.54) is 113 Å². The Bertz CT molecular complexity index is 3160. The van der Waals surface area contributed by atoms with E-state index < -0.39 is 5.54 Å². The lowest BCUT2D eigenvalue weighted by Gasteiger charge is -2.48. The molecule has 0 bridgehead atoms. The summed E-state index contributed by atoms with van der Waals surface area (Å²) in [6.07, 6.45) is 26.1. The maximum atomic E-state index is 13.5. The first-order chi connectivity index (χ1) is 38.6. The molecule has 2 atom stereocenters. The first-order valence-corrected chi connectivity index (χ1v) is 29.8. The van der Waals surface area contributed by atoms with Crippen molar-refractivity contribution in [3.8, 4) is 5.75 Å². The second-order valence-electron chi connectivity index (χ2n) is 23.4. The van der Waals surface area contributed by atoms with Gasteiger partial charge in [-0.05, 0) is 143 Å². The molecule has 79 heavy (non-hydrogen) atoms. The zero-order valence-corrected chi connectivity index (χ0v) is 47.4. The highest BCUT2D eigenvalue weighted by atomic mass is 16.5. The number of carbonyl (C=O) groups excluding carboxylic acids is 2. The number of carbonyl (C=O) groups is 2. The van der Waals surface area contributed by atoms with Gasteiger partial charge >= 0.3 is 11.9 Å². The van der Waals surface area contributed by atoms with Crippen LogP contribution in [0.25, 0.3) is 5.57 Å². The molecular weight excluding hydrogens is 977 g/mol. The molecule has 8 heteroatoms. The van der Waals surface area contributed by atoms with E-state index in [4.69, 9.17) is 18.9 Å². The van der Waals surface area contributed by atoms with Crippen LogP contribution in [0.4, 0.5) is 5.69 Å². The Morgan fingerprint density at radius 1 is 0.671 bits per heavy atom. The SMILES string of the molecule is CCCCCCc1ccc(C(=O)OC2CCN(c3cc4c(cc3OC)C3OC=CC(C5=CC=CC(c6ccccc6)(N6CCC(OC(=O)c7ccc(CCCCCC)cc7)CC6)C5)=C3C3=C4c4ccccc4C3(C)C)CC2)cc1. The van der Waals surface area contributed by atoms with Crippen LogP contribution in [0.5, 0.6) is 5.75 Å². The number of aryl methyl sites for hydroxylation is 2. The summed E-state index contributed by atoms with van der Waals surface area (Å²) in [6.45, 7) is 12.3. The highest BCUT2D eigenvalue weighted by molar-refractivity contribution is 5.98. The van der Waals surface area contributed by atoms with Gasteiger partial charge in [0.2, 0.25) is 0 Å². The van der Waals surface area contributed by atoms with Gasteiger partial charge in [0.25, 0.3) is 0 Å². The molecule has 0 amide bonds. The highest BCUT2D eigenvalue weighted by Gasteiger charge is 2.49. The van der Waals surface area contributed by atoms with Crippen LogP contribution in [-0.4, -0.2) is 62.3 Å². The number of nitrogens with zero attached hydrogens (tertiary/aromatic N) is 2. The number of fused-ring (bicyclic) bond motifs is 7. The quantitative estimate of drug-likeness (QED) is 0.0598. The molecule has 2 unspecified atom stereocenters. The molecular formula is C71H80N2O6. The predicted molar refractivity (Wildman–Crippen MR) is 318 cm³/mol. The fourth-order valence-electron chi connectivity index (χ4n) is 13.7. The van der Waals surface area contributed by atoms with Crippen molar-refractivity contribution >= 4 is 23.2 Å². The number of anilines is 1. The van der Waals surface area contributed by atoms with Crippen molar-refractivity contribution in [3.05, 3.63) is 218 Å². The Kier molecular flexibility index (Phi) is 16.3. The van der Waals surface area contributed by atoms with Crippen LogP contribution in [0.2, 0.25) is 0 Å². The van der Waals surface area contributed by atoms with E-state index in [1.54, 1.807) is 7.11 Å². The molecule has 0 N–H and O–H groups in total. The lowest BCUT2D eigenvalue weighted by atomic mass is 9.68. The molecule has 8 nitrogen and oxygen atoms in total. The smallest absolute Gasteiger partial charge is 0.338 e. The van der Waals surface area contributed by atoms with E-state index in [2.05, 4.69) is 153 Å². The number of hydrogen-bond donors (Lipinski definition) is 0.